The monoisotopic (exact) mass is 253 g/mol. The van der Waals surface area contributed by atoms with Gasteiger partial charge in [-0.2, -0.15) is 0 Å². The highest BCUT2D eigenvalue weighted by molar-refractivity contribution is 5.92. The second kappa shape index (κ2) is 7.79. The van der Waals surface area contributed by atoms with E-state index in [1.54, 1.807) is 18.2 Å². The van der Waals surface area contributed by atoms with Gasteiger partial charge in [0.15, 0.2) is 0 Å². The number of benzene rings is 1. The lowest BCUT2D eigenvalue weighted by atomic mass is 10.3. The summed E-state index contributed by atoms with van der Waals surface area (Å²) < 4.78 is 13.3. The maximum atomic E-state index is 13.3. The Hall–Kier alpha value is -1.46. The molecule has 1 rings (SSSR count). The van der Waals surface area contributed by atoms with Crippen LogP contribution in [0.15, 0.2) is 24.3 Å². The highest BCUT2D eigenvalue weighted by Gasteiger charge is 2.08. The molecule has 5 heteroatoms. The lowest BCUT2D eigenvalue weighted by molar-refractivity contribution is -0.117. The number of likely N-dealkylation sites (N-methyl/N-ethyl adjacent to an activating group) is 1. The quantitative estimate of drug-likeness (QED) is 0.720. The summed E-state index contributed by atoms with van der Waals surface area (Å²) in [7, 11) is 3.77. The molecule has 0 spiro atoms. The summed E-state index contributed by atoms with van der Waals surface area (Å²) in [6, 6.07) is 6.16. The summed E-state index contributed by atoms with van der Waals surface area (Å²) in [4.78, 5) is 13.6. The molecule has 0 saturated heterocycles. The standard InChI is InChI=1S/C13H20FN3O/c1-15-8-5-9-17(2)10-13(18)16-12-7-4-3-6-11(12)14/h3-4,6-7,15H,5,8-10H2,1-2H3,(H,16,18). The van der Waals surface area contributed by atoms with Crippen LogP contribution in [-0.2, 0) is 4.79 Å². The molecule has 1 aromatic rings. The average molecular weight is 253 g/mol. The zero-order chi connectivity index (χ0) is 13.4. The van der Waals surface area contributed by atoms with Crippen LogP contribution in [0.25, 0.3) is 0 Å². The second-order valence-corrected chi connectivity index (χ2v) is 4.22. The molecule has 0 aliphatic heterocycles. The number of hydrogen-bond donors (Lipinski definition) is 2. The van der Waals surface area contributed by atoms with Crippen LogP contribution >= 0.6 is 0 Å². The zero-order valence-corrected chi connectivity index (χ0v) is 10.9. The van der Waals surface area contributed by atoms with Crippen molar-refractivity contribution in [3.05, 3.63) is 30.1 Å². The van der Waals surface area contributed by atoms with Crippen LogP contribution in [0.5, 0.6) is 0 Å². The fourth-order valence-corrected chi connectivity index (χ4v) is 1.60. The molecule has 1 aromatic carbocycles. The molecule has 18 heavy (non-hydrogen) atoms. The van der Waals surface area contributed by atoms with Gasteiger partial charge in [-0.3, -0.25) is 9.69 Å². The third-order valence-corrected chi connectivity index (χ3v) is 2.53. The van der Waals surface area contributed by atoms with Crippen molar-refractivity contribution in [1.82, 2.24) is 10.2 Å². The summed E-state index contributed by atoms with van der Waals surface area (Å²) in [5.41, 5.74) is 0.228. The number of hydrogen-bond acceptors (Lipinski definition) is 3. The van der Waals surface area contributed by atoms with Gasteiger partial charge in [-0.15, -0.1) is 0 Å². The van der Waals surface area contributed by atoms with Gasteiger partial charge < -0.3 is 10.6 Å². The van der Waals surface area contributed by atoms with E-state index in [2.05, 4.69) is 10.6 Å². The van der Waals surface area contributed by atoms with E-state index in [1.807, 2.05) is 19.0 Å². The number of rotatable bonds is 7. The molecule has 0 aromatic heterocycles. The van der Waals surface area contributed by atoms with Crippen LogP contribution in [0, 0.1) is 5.82 Å². The van der Waals surface area contributed by atoms with E-state index >= 15 is 0 Å². The van der Waals surface area contributed by atoms with Crippen molar-refractivity contribution >= 4 is 11.6 Å². The minimum Gasteiger partial charge on any atom is -0.322 e. The van der Waals surface area contributed by atoms with E-state index in [1.165, 1.54) is 6.07 Å². The molecule has 0 fully saturated rings. The Morgan fingerprint density at radius 2 is 2.11 bits per heavy atom. The van der Waals surface area contributed by atoms with Crippen molar-refractivity contribution in [3.63, 3.8) is 0 Å². The summed E-state index contributed by atoms with van der Waals surface area (Å²) in [5.74, 6) is -0.615. The Balaban J connectivity index is 2.35. The second-order valence-electron chi connectivity index (χ2n) is 4.22. The highest BCUT2D eigenvalue weighted by Crippen LogP contribution is 2.11. The molecule has 0 atom stereocenters. The third kappa shape index (κ3) is 5.25. The van der Waals surface area contributed by atoms with Crippen LogP contribution in [0.1, 0.15) is 6.42 Å². The van der Waals surface area contributed by atoms with Crippen molar-refractivity contribution < 1.29 is 9.18 Å². The number of halogens is 1. The van der Waals surface area contributed by atoms with Gasteiger partial charge in [0.2, 0.25) is 5.91 Å². The van der Waals surface area contributed by atoms with E-state index in [9.17, 15) is 9.18 Å². The number of nitrogens with zero attached hydrogens (tertiary/aromatic N) is 1. The van der Waals surface area contributed by atoms with Gasteiger partial charge in [0.05, 0.1) is 12.2 Å². The molecule has 0 heterocycles. The van der Waals surface area contributed by atoms with E-state index in [4.69, 9.17) is 0 Å². The fourth-order valence-electron chi connectivity index (χ4n) is 1.60. The molecule has 0 unspecified atom stereocenters. The van der Waals surface area contributed by atoms with Crippen LogP contribution in [-0.4, -0.2) is 44.5 Å². The summed E-state index contributed by atoms with van der Waals surface area (Å²) in [6.07, 6.45) is 0.972. The number of carbonyl (C=O) groups is 1. The molecular formula is C13H20FN3O. The minimum absolute atomic E-state index is 0.202. The van der Waals surface area contributed by atoms with Gasteiger partial charge in [-0.1, -0.05) is 12.1 Å². The predicted molar refractivity (Wildman–Crippen MR) is 71.1 cm³/mol. The molecule has 0 aliphatic carbocycles. The minimum atomic E-state index is -0.413. The fraction of sp³-hybridized carbons (Fsp3) is 0.462. The number of anilines is 1. The predicted octanol–water partition coefficient (Wildman–Crippen LogP) is 1.31. The van der Waals surface area contributed by atoms with Gasteiger partial charge in [-0.05, 0) is 45.7 Å². The Bertz CT molecular complexity index is 384. The first-order valence-corrected chi connectivity index (χ1v) is 6.01. The Kier molecular flexibility index (Phi) is 6.32. The first-order valence-electron chi connectivity index (χ1n) is 6.01. The van der Waals surface area contributed by atoms with Gasteiger partial charge >= 0.3 is 0 Å². The SMILES string of the molecule is CNCCCN(C)CC(=O)Nc1ccccc1F. The van der Waals surface area contributed by atoms with Gasteiger partial charge in [0.25, 0.3) is 0 Å². The summed E-state index contributed by atoms with van der Waals surface area (Å²) in [5, 5.41) is 5.61. The van der Waals surface area contributed by atoms with Crippen LogP contribution in [0.3, 0.4) is 0 Å². The lowest BCUT2D eigenvalue weighted by Crippen LogP contribution is -2.32. The number of carbonyl (C=O) groups excluding carboxylic acids is 1. The maximum Gasteiger partial charge on any atom is 0.238 e. The Morgan fingerprint density at radius 1 is 1.39 bits per heavy atom. The zero-order valence-electron chi connectivity index (χ0n) is 10.9. The number of nitrogens with one attached hydrogen (secondary N) is 2. The molecule has 0 saturated carbocycles. The van der Waals surface area contributed by atoms with Crippen molar-refractivity contribution in [2.75, 3.05) is 39.0 Å². The molecule has 0 bridgehead atoms. The normalized spacial score (nSPS) is 10.7. The average Bonchev–Trinajstić information content (AvgIpc) is 2.32. The molecule has 2 N–H and O–H groups in total. The first-order chi connectivity index (χ1) is 8.63. The van der Waals surface area contributed by atoms with Crippen LogP contribution in [0.2, 0.25) is 0 Å². The van der Waals surface area contributed by atoms with Crippen molar-refractivity contribution in [1.29, 1.82) is 0 Å². The lowest BCUT2D eigenvalue weighted by Gasteiger charge is -2.16. The largest absolute Gasteiger partial charge is 0.322 e. The molecule has 4 nitrogen and oxygen atoms in total. The van der Waals surface area contributed by atoms with Gasteiger partial charge in [0, 0.05) is 0 Å². The summed E-state index contributed by atoms with van der Waals surface area (Å²) in [6.45, 7) is 2.00. The highest BCUT2D eigenvalue weighted by atomic mass is 19.1. The van der Waals surface area contributed by atoms with Crippen molar-refractivity contribution in [3.8, 4) is 0 Å². The Labute approximate surface area is 107 Å². The van der Waals surface area contributed by atoms with Crippen molar-refractivity contribution in [2.24, 2.45) is 0 Å². The molecule has 100 valence electrons. The molecule has 0 aliphatic rings. The Morgan fingerprint density at radius 3 is 2.78 bits per heavy atom. The molecular weight excluding hydrogens is 233 g/mol. The first kappa shape index (κ1) is 14.6. The smallest absolute Gasteiger partial charge is 0.238 e. The van der Waals surface area contributed by atoms with Crippen molar-refractivity contribution in [2.45, 2.75) is 6.42 Å². The van der Waals surface area contributed by atoms with E-state index in [0.717, 1.165) is 19.5 Å². The third-order valence-electron chi connectivity index (χ3n) is 2.53. The molecule has 0 radical (unpaired) electrons. The number of para-hydroxylation sites is 1. The van der Waals surface area contributed by atoms with E-state index < -0.39 is 5.82 Å². The van der Waals surface area contributed by atoms with Crippen LogP contribution < -0.4 is 10.6 Å². The summed E-state index contributed by atoms with van der Waals surface area (Å²) >= 11 is 0. The molecule has 1 amide bonds. The maximum absolute atomic E-state index is 13.3. The topological polar surface area (TPSA) is 44.4 Å². The number of amides is 1. The van der Waals surface area contributed by atoms with Gasteiger partial charge in [-0.25, -0.2) is 4.39 Å². The van der Waals surface area contributed by atoms with E-state index in [-0.39, 0.29) is 18.1 Å². The van der Waals surface area contributed by atoms with Crippen LogP contribution in [0.4, 0.5) is 10.1 Å². The van der Waals surface area contributed by atoms with Gasteiger partial charge in [0.1, 0.15) is 5.82 Å². The van der Waals surface area contributed by atoms with E-state index in [0.29, 0.717) is 0 Å².